The molecule has 0 bridgehead atoms. The number of methoxy groups -OCH3 is 1. The second-order valence-corrected chi connectivity index (χ2v) is 4.89. The Morgan fingerprint density at radius 2 is 1.85 bits per heavy atom. The van der Waals surface area contributed by atoms with Crippen LogP contribution in [0.1, 0.15) is 5.56 Å². The van der Waals surface area contributed by atoms with Crippen molar-refractivity contribution < 1.29 is 9.53 Å². The van der Waals surface area contributed by atoms with Crippen LogP contribution in [0.3, 0.4) is 0 Å². The Labute approximate surface area is 127 Å². The van der Waals surface area contributed by atoms with Gasteiger partial charge in [0.1, 0.15) is 0 Å². The first-order valence-electron chi connectivity index (χ1n) is 5.92. The largest absolute Gasteiger partial charge is 0.466 e. The number of hydrogen-bond acceptors (Lipinski definition) is 2. The number of hydrogen-bond donors (Lipinski definition) is 0. The minimum absolute atomic E-state index is 0.394. The van der Waals surface area contributed by atoms with Gasteiger partial charge in [-0.15, -0.1) is 0 Å². The summed E-state index contributed by atoms with van der Waals surface area (Å²) in [5.74, 6) is -0.394. The van der Waals surface area contributed by atoms with Crippen LogP contribution in [0.15, 0.2) is 48.5 Å². The molecule has 0 atom stereocenters. The zero-order chi connectivity index (χ0) is 14.5. The molecule has 0 spiro atoms. The van der Waals surface area contributed by atoms with E-state index < -0.39 is 5.97 Å². The van der Waals surface area contributed by atoms with E-state index in [0.29, 0.717) is 10.0 Å². The van der Waals surface area contributed by atoms with Gasteiger partial charge in [-0.25, -0.2) is 4.79 Å². The molecule has 0 heterocycles. The van der Waals surface area contributed by atoms with E-state index in [2.05, 4.69) is 4.74 Å². The Hall–Kier alpha value is -1.77. The molecule has 0 fully saturated rings. The van der Waals surface area contributed by atoms with Gasteiger partial charge in [-0.2, -0.15) is 0 Å². The van der Waals surface area contributed by atoms with E-state index in [0.717, 1.165) is 16.7 Å². The summed E-state index contributed by atoms with van der Waals surface area (Å²) in [6.45, 7) is 0. The van der Waals surface area contributed by atoms with Crippen LogP contribution in [-0.4, -0.2) is 13.1 Å². The van der Waals surface area contributed by atoms with Gasteiger partial charge in [0, 0.05) is 6.08 Å². The standard InChI is InChI=1S/C16H12Cl2O2/c1-20-16(19)9-7-11-4-2-3-5-13(11)12-6-8-14(17)15(18)10-12/h2-10H,1H3/b9-7+. The molecule has 2 aromatic rings. The van der Waals surface area contributed by atoms with Crippen LogP contribution in [0.5, 0.6) is 0 Å². The zero-order valence-corrected chi connectivity index (χ0v) is 12.3. The zero-order valence-electron chi connectivity index (χ0n) is 10.8. The van der Waals surface area contributed by atoms with E-state index in [1.165, 1.54) is 13.2 Å². The van der Waals surface area contributed by atoms with Crippen LogP contribution in [0.2, 0.25) is 10.0 Å². The van der Waals surface area contributed by atoms with Crippen molar-refractivity contribution in [2.75, 3.05) is 7.11 Å². The Morgan fingerprint density at radius 3 is 2.55 bits per heavy atom. The summed E-state index contributed by atoms with van der Waals surface area (Å²) in [5.41, 5.74) is 2.80. The molecule has 2 nitrogen and oxygen atoms in total. The minimum atomic E-state index is -0.394. The average molecular weight is 307 g/mol. The summed E-state index contributed by atoms with van der Waals surface area (Å²) < 4.78 is 4.59. The van der Waals surface area contributed by atoms with Gasteiger partial charge < -0.3 is 4.74 Å². The molecule has 0 amide bonds. The molecule has 0 aliphatic rings. The molecule has 0 saturated heterocycles. The van der Waals surface area contributed by atoms with E-state index in [4.69, 9.17) is 23.2 Å². The topological polar surface area (TPSA) is 26.3 Å². The lowest BCUT2D eigenvalue weighted by atomic mass is 9.99. The third-order valence-electron chi connectivity index (χ3n) is 2.79. The molecule has 0 unspecified atom stereocenters. The lowest BCUT2D eigenvalue weighted by molar-refractivity contribution is -0.134. The number of halogens is 2. The lowest BCUT2D eigenvalue weighted by Gasteiger charge is -2.07. The van der Waals surface area contributed by atoms with Gasteiger partial charge in [-0.05, 0) is 34.9 Å². The van der Waals surface area contributed by atoms with Crippen LogP contribution in [0.25, 0.3) is 17.2 Å². The molecule has 0 aliphatic carbocycles. The molecule has 2 rings (SSSR count). The molecule has 0 N–H and O–H groups in total. The van der Waals surface area contributed by atoms with Crippen molar-refractivity contribution in [3.8, 4) is 11.1 Å². The van der Waals surface area contributed by atoms with Crippen molar-refractivity contribution in [1.82, 2.24) is 0 Å². The van der Waals surface area contributed by atoms with Crippen molar-refractivity contribution in [2.24, 2.45) is 0 Å². The Bertz CT molecular complexity index is 663. The third kappa shape index (κ3) is 3.41. The van der Waals surface area contributed by atoms with Crippen LogP contribution in [0, 0.1) is 0 Å². The molecule has 0 saturated carbocycles. The molecule has 0 aliphatic heterocycles. The summed E-state index contributed by atoms with van der Waals surface area (Å²) in [7, 11) is 1.34. The monoisotopic (exact) mass is 306 g/mol. The number of ether oxygens (including phenoxy) is 1. The van der Waals surface area contributed by atoms with Gasteiger partial charge in [0.05, 0.1) is 17.2 Å². The molecule has 2 aromatic carbocycles. The van der Waals surface area contributed by atoms with Crippen LogP contribution in [0.4, 0.5) is 0 Å². The number of carbonyl (C=O) groups excluding carboxylic acids is 1. The van der Waals surface area contributed by atoms with Crippen molar-refractivity contribution in [2.45, 2.75) is 0 Å². The Kier molecular flexibility index (Phi) is 4.83. The summed E-state index contributed by atoms with van der Waals surface area (Å²) in [5, 5.41) is 1.01. The SMILES string of the molecule is COC(=O)/C=C/c1ccccc1-c1ccc(Cl)c(Cl)c1. The first-order valence-corrected chi connectivity index (χ1v) is 6.68. The third-order valence-corrected chi connectivity index (χ3v) is 3.53. The highest BCUT2D eigenvalue weighted by Gasteiger charge is 2.05. The Morgan fingerprint density at radius 1 is 1.10 bits per heavy atom. The average Bonchev–Trinajstić information content (AvgIpc) is 2.48. The fourth-order valence-electron chi connectivity index (χ4n) is 1.79. The fraction of sp³-hybridized carbons (Fsp3) is 0.0625. The summed E-state index contributed by atoms with van der Waals surface area (Å²) in [6.07, 6.45) is 3.10. The Balaban J connectivity index is 2.44. The predicted molar refractivity (Wildman–Crippen MR) is 82.9 cm³/mol. The van der Waals surface area contributed by atoms with Crippen LogP contribution >= 0.6 is 23.2 Å². The highest BCUT2D eigenvalue weighted by atomic mass is 35.5. The lowest BCUT2D eigenvalue weighted by Crippen LogP contribution is -1.93. The van der Waals surface area contributed by atoms with Gasteiger partial charge in [0.25, 0.3) is 0 Å². The molecule has 0 radical (unpaired) electrons. The highest BCUT2D eigenvalue weighted by Crippen LogP contribution is 2.30. The van der Waals surface area contributed by atoms with E-state index in [9.17, 15) is 4.79 Å². The first kappa shape index (κ1) is 14.6. The van der Waals surface area contributed by atoms with Gasteiger partial charge in [-0.3, -0.25) is 0 Å². The number of carbonyl (C=O) groups is 1. The van der Waals surface area contributed by atoms with Gasteiger partial charge in [0.2, 0.25) is 0 Å². The predicted octanol–water partition coefficient (Wildman–Crippen LogP) is 4.85. The summed E-state index contributed by atoms with van der Waals surface area (Å²) in [4.78, 5) is 11.2. The maximum atomic E-state index is 11.2. The van der Waals surface area contributed by atoms with E-state index in [-0.39, 0.29) is 0 Å². The van der Waals surface area contributed by atoms with Gasteiger partial charge in [0.15, 0.2) is 0 Å². The van der Waals surface area contributed by atoms with Crippen LogP contribution < -0.4 is 0 Å². The maximum Gasteiger partial charge on any atom is 0.330 e. The van der Waals surface area contributed by atoms with Crippen molar-refractivity contribution in [1.29, 1.82) is 0 Å². The van der Waals surface area contributed by atoms with Crippen molar-refractivity contribution in [3.63, 3.8) is 0 Å². The highest BCUT2D eigenvalue weighted by molar-refractivity contribution is 6.42. The van der Waals surface area contributed by atoms with E-state index in [1.807, 2.05) is 30.3 Å². The summed E-state index contributed by atoms with van der Waals surface area (Å²) in [6, 6.07) is 13.1. The van der Waals surface area contributed by atoms with Crippen molar-refractivity contribution >= 4 is 35.2 Å². The molecule has 20 heavy (non-hydrogen) atoms. The molecule has 102 valence electrons. The van der Waals surface area contributed by atoms with Crippen molar-refractivity contribution in [3.05, 3.63) is 64.1 Å². The summed E-state index contributed by atoms with van der Waals surface area (Å²) >= 11 is 12.0. The molecular weight excluding hydrogens is 295 g/mol. The normalized spacial score (nSPS) is 10.8. The van der Waals surface area contributed by atoms with Crippen LogP contribution in [-0.2, 0) is 9.53 Å². The first-order chi connectivity index (χ1) is 9.61. The number of rotatable bonds is 3. The molecule has 0 aromatic heterocycles. The number of esters is 1. The molecule has 4 heteroatoms. The van der Waals surface area contributed by atoms with E-state index >= 15 is 0 Å². The minimum Gasteiger partial charge on any atom is -0.466 e. The van der Waals surface area contributed by atoms with Gasteiger partial charge in [-0.1, -0.05) is 53.5 Å². The second kappa shape index (κ2) is 6.60. The second-order valence-electron chi connectivity index (χ2n) is 4.07. The maximum absolute atomic E-state index is 11.2. The van der Waals surface area contributed by atoms with E-state index in [1.54, 1.807) is 18.2 Å². The number of benzene rings is 2. The fourth-order valence-corrected chi connectivity index (χ4v) is 2.09. The quantitative estimate of drug-likeness (QED) is 0.598. The smallest absolute Gasteiger partial charge is 0.330 e. The molecular formula is C16H12Cl2O2. The van der Waals surface area contributed by atoms with Gasteiger partial charge >= 0.3 is 5.97 Å².